The normalized spacial score (nSPS) is 15.4. The maximum Gasteiger partial charge on any atom is 0.320 e. The Kier molecular flexibility index (Phi) is 2.59. The minimum atomic E-state index is -0.573. The number of nitro groups is 1. The van der Waals surface area contributed by atoms with Gasteiger partial charge in [-0.3, -0.25) is 19.6 Å². The van der Waals surface area contributed by atoms with Crippen LogP contribution in [-0.4, -0.2) is 38.6 Å². The van der Waals surface area contributed by atoms with Crippen molar-refractivity contribution in [1.82, 2.24) is 14.7 Å². The molecule has 0 saturated carbocycles. The number of aryl methyl sites for hydroxylation is 1. The van der Waals surface area contributed by atoms with Gasteiger partial charge in [0.2, 0.25) is 5.69 Å². The molecule has 1 saturated heterocycles. The lowest BCUT2D eigenvalue weighted by molar-refractivity contribution is -0.385. The fraction of sp³-hybridized carbons (Fsp3) is 0.556. The van der Waals surface area contributed by atoms with Crippen molar-refractivity contribution >= 4 is 11.6 Å². The molecule has 0 bridgehead atoms. The lowest BCUT2D eigenvalue weighted by atomic mass is 10.3. The van der Waals surface area contributed by atoms with Gasteiger partial charge in [0.05, 0.1) is 4.92 Å². The monoisotopic (exact) mass is 224 g/mol. The topological polar surface area (TPSA) is 81.3 Å². The minimum Gasteiger partial charge on any atom is -0.337 e. The van der Waals surface area contributed by atoms with Gasteiger partial charge in [0.15, 0.2) is 0 Å². The summed E-state index contributed by atoms with van der Waals surface area (Å²) in [4.78, 5) is 23.8. The molecule has 1 fully saturated rings. The number of likely N-dealkylation sites (tertiary alicyclic amines) is 1. The lowest BCUT2D eigenvalue weighted by Gasteiger charge is -2.14. The zero-order valence-corrected chi connectivity index (χ0v) is 8.92. The smallest absolute Gasteiger partial charge is 0.320 e. The highest BCUT2D eigenvalue weighted by atomic mass is 16.6. The Balaban J connectivity index is 2.34. The summed E-state index contributed by atoms with van der Waals surface area (Å²) in [6.07, 6.45) is 3.03. The Morgan fingerprint density at radius 2 is 2.12 bits per heavy atom. The number of aromatic nitrogens is 2. The van der Waals surface area contributed by atoms with Gasteiger partial charge in [-0.25, -0.2) is 0 Å². The van der Waals surface area contributed by atoms with E-state index < -0.39 is 4.92 Å². The largest absolute Gasteiger partial charge is 0.337 e. The highest BCUT2D eigenvalue weighted by Crippen LogP contribution is 2.20. The van der Waals surface area contributed by atoms with Crippen LogP contribution in [0.5, 0.6) is 0 Å². The van der Waals surface area contributed by atoms with Crippen molar-refractivity contribution in [3.05, 3.63) is 22.0 Å². The Morgan fingerprint density at radius 1 is 1.50 bits per heavy atom. The third kappa shape index (κ3) is 1.64. The average molecular weight is 224 g/mol. The molecule has 0 aromatic carbocycles. The molecule has 0 aliphatic carbocycles. The van der Waals surface area contributed by atoms with Crippen molar-refractivity contribution in [2.45, 2.75) is 12.8 Å². The Morgan fingerprint density at radius 3 is 2.69 bits per heavy atom. The number of hydrogen-bond donors (Lipinski definition) is 0. The van der Waals surface area contributed by atoms with Crippen molar-refractivity contribution in [3.63, 3.8) is 0 Å². The van der Waals surface area contributed by atoms with E-state index in [1.54, 1.807) is 4.90 Å². The van der Waals surface area contributed by atoms with Gasteiger partial charge >= 0.3 is 5.69 Å². The highest BCUT2D eigenvalue weighted by Gasteiger charge is 2.30. The van der Waals surface area contributed by atoms with Crippen molar-refractivity contribution < 1.29 is 9.72 Å². The van der Waals surface area contributed by atoms with E-state index in [2.05, 4.69) is 5.10 Å². The van der Waals surface area contributed by atoms with Crippen LogP contribution in [0, 0.1) is 10.1 Å². The Bertz CT molecular complexity index is 434. The molecule has 1 aliphatic heterocycles. The van der Waals surface area contributed by atoms with Gasteiger partial charge in [-0.2, -0.15) is 5.10 Å². The molecule has 7 heteroatoms. The summed E-state index contributed by atoms with van der Waals surface area (Å²) >= 11 is 0. The predicted molar refractivity (Wildman–Crippen MR) is 55.0 cm³/mol. The van der Waals surface area contributed by atoms with Gasteiger partial charge in [0.1, 0.15) is 6.20 Å². The summed E-state index contributed by atoms with van der Waals surface area (Å²) in [5.74, 6) is -0.302. The van der Waals surface area contributed by atoms with Crippen LogP contribution in [0.1, 0.15) is 23.3 Å². The maximum absolute atomic E-state index is 12.0. The number of carbonyl (C=O) groups excluding carboxylic acids is 1. The number of hydrogen-bond acceptors (Lipinski definition) is 4. The van der Waals surface area contributed by atoms with Crippen molar-refractivity contribution in [3.8, 4) is 0 Å². The first kappa shape index (κ1) is 10.6. The molecular weight excluding hydrogens is 212 g/mol. The van der Waals surface area contributed by atoms with Gasteiger partial charge in [0, 0.05) is 20.1 Å². The minimum absolute atomic E-state index is 0.0619. The van der Waals surface area contributed by atoms with E-state index in [0.717, 1.165) is 19.0 Å². The molecule has 0 N–H and O–H groups in total. The van der Waals surface area contributed by atoms with Crippen molar-refractivity contribution in [1.29, 1.82) is 0 Å². The van der Waals surface area contributed by atoms with E-state index >= 15 is 0 Å². The van der Waals surface area contributed by atoms with E-state index in [9.17, 15) is 14.9 Å². The Hall–Kier alpha value is -1.92. The fourth-order valence-electron chi connectivity index (χ4n) is 1.88. The molecule has 86 valence electrons. The zero-order chi connectivity index (χ0) is 11.7. The molecule has 2 heterocycles. The van der Waals surface area contributed by atoms with E-state index in [1.807, 2.05) is 0 Å². The van der Waals surface area contributed by atoms with Gasteiger partial charge in [0.25, 0.3) is 5.91 Å². The second-order valence-electron chi connectivity index (χ2n) is 3.76. The van der Waals surface area contributed by atoms with E-state index in [-0.39, 0.29) is 17.3 Å². The molecule has 2 rings (SSSR count). The molecule has 1 aromatic heterocycles. The van der Waals surface area contributed by atoms with Crippen molar-refractivity contribution in [2.24, 2.45) is 7.05 Å². The van der Waals surface area contributed by atoms with Gasteiger partial charge in [-0.15, -0.1) is 0 Å². The van der Waals surface area contributed by atoms with Gasteiger partial charge in [-0.1, -0.05) is 0 Å². The summed E-state index contributed by atoms with van der Waals surface area (Å²) in [6, 6.07) is 0. The fourth-order valence-corrected chi connectivity index (χ4v) is 1.88. The van der Waals surface area contributed by atoms with Crippen molar-refractivity contribution in [2.75, 3.05) is 13.1 Å². The predicted octanol–water partition coefficient (Wildman–Crippen LogP) is 0.564. The summed E-state index contributed by atoms with van der Waals surface area (Å²) in [5, 5.41) is 14.5. The Labute approximate surface area is 91.8 Å². The van der Waals surface area contributed by atoms with E-state index in [0.29, 0.717) is 13.1 Å². The summed E-state index contributed by atoms with van der Waals surface area (Å²) in [7, 11) is 1.54. The first-order valence-electron chi connectivity index (χ1n) is 5.07. The average Bonchev–Trinajstić information content (AvgIpc) is 2.84. The molecule has 7 nitrogen and oxygen atoms in total. The van der Waals surface area contributed by atoms with E-state index in [1.165, 1.54) is 11.7 Å². The standard InChI is InChI=1S/C9H12N4O3/c1-11-8(7(6-10-11)13(15)16)9(14)12-4-2-3-5-12/h6H,2-5H2,1H3. The molecule has 1 amide bonds. The molecule has 0 unspecified atom stereocenters. The van der Waals surface area contributed by atoms with Crippen LogP contribution in [0.4, 0.5) is 5.69 Å². The second kappa shape index (κ2) is 3.92. The van der Waals surface area contributed by atoms with Crippen LogP contribution in [0.2, 0.25) is 0 Å². The molecule has 0 atom stereocenters. The second-order valence-corrected chi connectivity index (χ2v) is 3.76. The molecule has 16 heavy (non-hydrogen) atoms. The number of nitrogens with zero attached hydrogens (tertiary/aromatic N) is 4. The van der Waals surface area contributed by atoms with Gasteiger partial charge < -0.3 is 4.90 Å². The van der Waals surface area contributed by atoms with Crippen LogP contribution in [0.25, 0.3) is 0 Å². The van der Waals surface area contributed by atoms with Crippen LogP contribution >= 0.6 is 0 Å². The summed E-state index contributed by atoms with van der Waals surface area (Å²) in [5.41, 5.74) is -0.161. The summed E-state index contributed by atoms with van der Waals surface area (Å²) < 4.78 is 1.26. The molecule has 0 radical (unpaired) electrons. The van der Waals surface area contributed by atoms with E-state index in [4.69, 9.17) is 0 Å². The lowest BCUT2D eigenvalue weighted by Crippen LogP contribution is -2.29. The number of amides is 1. The zero-order valence-electron chi connectivity index (χ0n) is 8.92. The maximum atomic E-state index is 12.0. The molecule has 0 spiro atoms. The first-order chi connectivity index (χ1) is 7.61. The van der Waals surface area contributed by atoms with Crippen LogP contribution in [0.3, 0.4) is 0 Å². The molecular formula is C9H12N4O3. The van der Waals surface area contributed by atoms with Crippen LogP contribution in [-0.2, 0) is 7.05 Å². The third-order valence-corrected chi connectivity index (χ3v) is 2.71. The van der Waals surface area contributed by atoms with Gasteiger partial charge in [-0.05, 0) is 12.8 Å². The van der Waals surface area contributed by atoms with Crippen LogP contribution < -0.4 is 0 Å². The highest BCUT2D eigenvalue weighted by molar-refractivity contribution is 5.96. The molecule has 1 aromatic rings. The van der Waals surface area contributed by atoms with Crippen LogP contribution in [0.15, 0.2) is 6.20 Å². The third-order valence-electron chi connectivity index (χ3n) is 2.71. The number of carbonyl (C=O) groups is 1. The first-order valence-corrected chi connectivity index (χ1v) is 5.07. The quantitative estimate of drug-likeness (QED) is 0.543. The number of rotatable bonds is 2. The summed E-state index contributed by atoms with van der Waals surface area (Å²) in [6.45, 7) is 1.34. The molecule has 1 aliphatic rings. The SMILES string of the molecule is Cn1ncc([N+](=O)[O-])c1C(=O)N1CCCC1.